The highest BCUT2D eigenvalue weighted by atomic mass is 32.1. The molecule has 54 heavy (non-hydrogen) atoms. The molecule has 0 spiro atoms. The Kier molecular flexibility index (Phi) is 16.7. The van der Waals surface area contributed by atoms with Gasteiger partial charge in [-0.1, -0.05) is 71.4 Å². The zero-order valence-corrected chi connectivity index (χ0v) is 34.8. The second-order valence-electron chi connectivity index (χ2n) is 16.0. The molecular weight excluding hydrogens is 707 g/mol. The minimum atomic E-state index is -0.943. The number of nitrogens with zero attached hydrogens (tertiary/aromatic N) is 3. The first-order valence-electron chi connectivity index (χ1n) is 19.5. The van der Waals surface area contributed by atoms with Gasteiger partial charge in [0.25, 0.3) is 11.8 Å². The largest absolute Gasteiger partial charge is 0.481 e. The van der Waals surface area contributed by atoms with E-state index in [-0.39, 0.29) is 54.3 Å². The highest BCUT2D eigenvalue weighted by Gasteiger charge is 2.44. The first-order valence-corrected chi connectivity index (χ1v) is 20.4. The molecule has 0 radical (unpaired) electrons. The highest BCUT2D eigenvalue weighted by Crippen LogP contribution is 2.32. The lowest BCUT2D eigenvalue weighted by Gasteiger charge is -2.47. The van der Waals surface area contributed by atoms with Crippen molar-refractivity contribution in [2.75, 3.05) is 20.6 Å². The molecule has 2 unspecified atom stereocenters. The number of carbonyl (C=O) groups excluding carboxylic acids is 4. The van der Waals surface area contributed by atoms with Gasteiger partial charge in [-0.15, -0.1) is 11.3 Å². The van der Waals surface area contributed by atoms with Gasteiger partial charge in [0.2, 0.25) is 5.91 Å². The van der Waals surface area contributed by atoms with Gasteiger partial charge in [0, 0.05) is 44.3 Å². The number of ether oxygens (including phenoxy) is 1. The van der Waals surface area contributed by atoms with Crippen molar-refractivity contribution in [2.24, 2.45) is 17.8 Å². The van der Waals surface area contributed by atoms with E-state index >= 15 is 0 Å². The Morgan fingerprint density at radius 1 is 1.02 bits per heavy atom. The van der Waals surface area contributed by atoms with Crippen molar-refractivity contribution in [3.63, 3.8) is 0 Å². The lowest BCUT2D eigenvalue weighted by atomic mass is 9.92. The number of carboxylic acids is 1. The molecule has 2 aromatic rings. The van der Waals surface area contributed by atoms with Gasteiger partial charge in [-0.05, 0) is 56.9 Å². The van der Waals surface area contributed by atoms with Gasteiger partial charge < -0.3 is 29.9 Å². The molecule has 3 rings (SSSR count). The zero-order valence-electron chi connectivity index (χ0n) is 34.0. The molecule has 3 amide bonds. The van der Waals surface area contributed by atoms with Crippen molar-refractivity contribution in [2.45, 2.75) is 137 Å². The fraction of sp³-hybridized carbons (Fsp3) is 0.659. The van der Waals surface area contributed by atoms with Crippen molar-refractivity contribution >= 4 is 41.0 Å². The lowest BCUT2D eigenvalue weighted by Crippen LogP contribution is -2.66. The number of amides is 3. The van der Waals surface area contributed by atoms with E-state index in [9.17, 15) is 29.1 Å². The van der Waals surface area contributed by atoms with Gasteiger partial charge in [-0.25, -0.2) is 4.98 Å². The molecule has 1 aliphatic heterocycles. The van der Waals surface area contributed by atoms with Gasteiger partial charge >= 0.3 is 11.9 Å². The number of thiazole rings is 1. The summed E-state index contributed by atoms with van der Waals surface area (Å²) in [5.74, 6) is -3.06. The molecule has 300 valence electrons. The van der Waals surface area contributed by atoms with Crippen molar-refractivity contribution in [3.8, 4) is 0 Å². The number of likely N-dealkylation sites (tertiary alicyclic amines) is 1. The SMILES string of the molecule is CC[C@H](C)[C@H](NC(=O)[C@H]1CCCC[N+]1(C)C(C)C)C(=O)N(C)C(C[C@H](OC(C)=O)c1nc(C(=O)N[C@@H](Cc2ccccc2)C[C@H](C)C(=O)O)cs1)C(C)C. The fourth-order valence-electron chi connectivity index (χ4n) is 7.49. The molecule has 1 aromatic carbocycles. The van der Waals surface area contributed by atoms with E-state index in [0.29, 0.717) is 22.3 Å². The number of benzene rings is 1. The number of aromatic nitrogens is 1. The number of quaternary nitrogens is 1. The number of piperidine rings is 1. The molecule has 12 nitrogen and oxygen atoms in total. The van der Waals surface area contributed by atoms with Crippen molar-refractivity contribution < 1.29 is 38.3 Å². The maximum atomic E-state index is 14.4. The van der Waals surface area contributed by atoms with Gasteiger partial charge in [0.15, 0.2) is 12.1 Å². The summed E-state index contributed by atoms with van der Waals surface area (Å²) in [4.78, 5) is 72.2. The van der Waals surface area contributed by atoms with E-state index in [1.165, 1.54) is 18.3 Å². The average molecular weight is 771 g/mol. The molecule has 2 heterocycles. The van der Waals surface area contributed by atoms with Gasteiger partial charge in [0.05, 0.1) is 25.6 Å². The summed E-state index contributed by atoms with van der Waals surface area (Å²) < 4.78 is 6.44. The van der Waals surface area contributed by atoms with Crippen LogP contribution in [0.1, 0.15) is 121 Å². The van der Waals surface area contributed by atoms with Crippen LogP contribution >= 0.6 is 11.3 Å². The molecule has 3 N–H and O–H groups in total. The van der Waals surface area contributed by atoms with E-state index in [1.807, 2.05) is 58.0 Å². The zero-order chi connectivity index (χ0) is 40.3. The maximum absolute atomic E-state index is 14.4. The number of hydrogen-bond donors (Lipinski definition) is 3. The molecule has 0 bridgehead atoms. The number of nitrogens with one attached hydrogen (secondary N) is 2. The number of likely N-dealkylation sites (N-methyl/N-ethyl adjacent to an activating group) is 2. The molecule has 13 heteroatoms. The number of hydrogen-bond acceptors (Lipinski definition) is 8. The standard InChI is InChI=1S/C41H63N5O7S/c1-11-27(6)36(44-38(49)34-19-15-16-20-46(34,10)26(4)5)40(50)45(9)33(25(2)3)23-35(53-29(8)47)39-43-32(24-54-39)37(48)42-31(21-28(7)41(51)52)22-30-17-13-12-14-18-30/h12-14,17-18,24-28,31,33-36H,11,15-16,19-23H2,1-10H3,(H2-,42,44,48,49,51,52)/p+1/t27-,28-,31+,33?,34+,35-,36-,46?/m0/s1. The van der Waals surface area contributed by atoms with Crippen LogP contribution < -0.4 is 10.6 Å². The van der Waals surface area contributed by atoms with Crippen molar-refractivity contribution in [1.82, 2.24) is 20.5 Å². The molecular formula is C41H64N5O7S+. The fourth-order valence-corrected chi connectivity index (χ4v) is 8.33. The van der Waals surface area contributed by atoms with Gasteiger partial charge in [-0.3, -0.25) is 24.0 Å². The van der Waals surface area contributed by atoms with Crippen molar-refractivity contribution in [1.29, 1.82) is 0 Å². The van der Waals surface area contributed by atoms with Crippen LogP contribution in [-0.4, -0.2) is 100.0 Å². The predicted octanol–water partition coefficient (Wildman–Crippen LogP) is 6.01. The molecule has 1 saturated heterocycles. The molecule has 1 aromatic heterocycles. The summed E-state index contributed by atoms with van der Waals surface area (Å²) in [5, 5.41) is 17.7. The van der Waals surface area contributed by atoms with E-state index in [2.05, 4.69) is 36.5 Å². The van der Waals surface area contributed by atoms with E-state index < -0.39 is 48.0 Å². The van der Waals surface area contributed by atoms with E-state index in [1.54, 1.807) is 24.3 Å². The van der Waals surface area contributed by atoms with Crippen LogP contribution in [0.2, 0.25) is 0 Å². The molecule has 1 aliphatic rings. The topological polar surface area (TPSA) is 155 Å². The Hall–Kier alpha value is -3.84. The summed E-state index contributed by atoms with van der Waals surface area (Å²) in [6.45, 7) is 16.1. The predicted molar refractivity (Wildman–Crippen MR) is 211 cm³/mol. The quantitative estimate of drug-likeness (QED) is 0.116. The Morgan fingerprint density at radius 3 is 2.26 bits per heavy atom. The Morgan fingerprint density at radius 2 is 1.69 bits per heavy atom. The van der Waals surface area contributed by atoms with Crippen LogP contribution in [0.5, 0.6) is 0 Å². The Bertz CT molecular complexity index is 1570. The third-order valence-corrected chi connectivity index (χ3v) is 12.4. The third-order valence-electron chi connectivity index (χ3n) is 11.5. The first kappa shape index (κ1) is 44.6. The summed E-state index contributed by atoms with van der Waals surface area (Å²) in [5.41, 5.74) is 1.10. The highest BCUT2D eigenvalue weighted by molar-refractivity contribution is 7.09. The third kappa shape index (κ3) is 11.8. The van der Waals surface area contributed by atoms with Crippen LogP contribution in [0.25, 0.3) is 0 Å². The van der Waals surface area contributed by atoms with E-state index in [4.69, 9.17) is 4.74 Å². The lowest BCUT2D eigenvalue weighted by molar-refractivity contribution is -0.948. The van der Waals surface area contributed by atoms with Crippen LogP contribution in [0.4, 0.5) is 0 Å². The average Bonchev–Trinajstić information content (AvgIpc) is 3.62. The smallest absolute Gasteiger partial charge is 0.306 e. The summed E-state index contributed by atoms with van der Waals surface area (Å²) >= 11 is 1.19. The van der Waals surface area contributed by atoms with Gasteiger partial charge in [-0.2, -0.15) is 0 Å². The number of aliphatic carboxylic acids is 1. The van der Waals surface area contributed by atoms with Crippen LogP contribution in [0.15, 0.2) is 35.7 Å². The molecule has 8 atom stereocenters. The summed E-state index contributed by atoms with van der Waals surface area (Å²) in [6.07, 6.45) is 3.58. The molecule has 0 aliphatic carbocycles. The van der Waals surface area contributed by atoms with E-state index in [0.717, 1.165) is 31.4 Å². The second kappa shape index (κ2) is 20.2. The monoisotopic (exact) mass is 770 g/mol. The Labute approximate surface area is 326 Å². The summed E-state index contributed by atoms with van der Waals surface area (Å²) in [6, 6.07) is 7.99. The normalized spacial score (nSPS) is 20.6. The molecule has 1 fully saturated rings. The first-order chi connectivity index (χ1) is 25.4. The Balaban J connectivity index is 1.83. The van der Waals surface area contributed by atoms with Crippen molar-refractivity contribution in [3.05, 3.63) is 52.0 Å². The minimum absolute atomic E-state index is 0.0535. The number of rotatable bonds is 19. The van der Waals surface area contributed by atoms with Crippen LogP contribution in [-0.2, 0) is 30.3 Å². The summed E-state index contributed by atoms with van der Waals surface area (Å²) in [7, 11) is 3.88. The molecule has 0 saturated carbocycles. The maximum Gasteiger partial charge on any atom is 0.306 e. The van der Waals surface area contributed by atoms with Crippen LogP contribution in [0, 0.1) is 17.8 Å². The minimum Gasteiger partial charge on any atom is -0.481 e. The van der Waals surface area contributed by atoms with Crippen LogP contribution in [0.3, 0.4) is 0 Å². The number of carboxylic acid groups (broad SMARTS) is 1. The second-order valence-corrected chi connectivity index (χ2v) is 16.9. The van der Waals surface area contributed by atoms with Gasteiger partial charge in [0.1, 0.15) is 16.7 Å². The number of carbonyl (C=O) groups is 5. The number of esters is 1.